The van der Waals surface area contributed by atoms with Gasteiger partial charge in [-0.1, -0.05) is 13.8 Å². The quantitative estimate of drug-likeness (QED) is 0.824. The summed E-state index contributed by atoms with van der Waals surface area (Å²) in [6.07, 6.45) is 1.66. The molecule has 0 atom stereocenters. The van der Waals surface area contributed by atoms with Crippen molar-refractivity contribution in [1.29, 1.82) is 0 Å². The lowest BCUT2D eigenvalue weighted by atomic mass is 9.93. The highest BCUT2D eigenvalue weighted by atomic mass is 32.2. The first kappa shape index (κ1) is 17.9. The summed E-state index contributed by atoms with van der Waals surface area (Å²) >= 11 is 0. The van der Waals surface area contributed by atoms with Crippen LogP contribution in [-0.2, 0) is 21.4 Å². The normalized spacial score (nSPS) is 22.4. The van der Waals surface area contributed by atoms with Crippen LogP contribution in [0.5, 0.6) is 5.75 Å². The highest BCUT2D eigenvalue weighted by molar-refractivity contribution is 7.92. The first-order valence-electron chi connectivity index (χ1n) is 8.14. The van der Waals surface area contributed by atoms with Crippen molar-refractivity contribution in [2.24, 2.45) is 5.41 Å². The van der Waals surface area contributed by atoms with E-state index in [2.05, 4.69) is 18.7 Å². The van der Waals surface area contributed by atoms with Gasteiger partial charge >= 0.3 is 10.2 Å². The molecule has 0 saturated carbocycles. The summed E-state index contributed by atoms with van der Waals surface area (Å²) < 4.78 is 40.4. The van der Waals surface area contributed by atoms with E-state index in [9.17, 15) is 22.7 Å². The van der Waals surface area contributed by atoms with Crippen molar-refractivity contribution >= 4 is 21.8 Å². The average Bonchev–Trinajstić information content (AvgIpc) is 2.94. The summed E-state index contributed by atoms with van der Waals surface area (Å²) in [5, 5.41) is 10.1. The SMILES string of the molecule is CC1(C)CCN(CCc2cc(O)c(N3CC(=O)NS3(=O)=O)c(F)c2)C1. The van der Waals surface area contributed by atoms with Gasteiger partial charge in [-0.25, -0.2) is 13.4 Å². The van der Waals surface area contributed by atoms with Crippen LogP contribution in [0.25, 0.3) is 0 Å². The van der Waals surface area contributed by atoms with Crippen molar-refractivity contribution in [2.75, 3.05) is 30.5 Å². The molecule has 138 valence electrons. The Bertz CT molecular complexity index is 787. The number of hydrogen-bond donors (Lipinski definition) is 2. The largest absolute Gasteiger partial charge is 0.506 e. The van der Waals surface area contributed by atoms with Crippen LogP contribution in [-0.4, -0.2) is 50.5 Å². The van der Waals surface area contributed by atoms with E-state index in [0.29, 0.717) is 16.3 Å². The summed E-state index contributed by atoms with van der Waals surface area (Å²) in [5.74, 6) is -2.12. The molecule has 1 aromatic carbocycles. The maximum atomic E-state index is 14.4. The minimum absolute atomic E-state index is 0.279. The minimum atomic E-state index is -4.16. The fraction of sp³-hybridized carbons (Fsp3) is 0.562. The molecule has 2 aliphatic heterocycles. The van der Waals surface area contributed by atoms with Gasteiger partial charge in [0.25, 0.3) is 5.91 Å². The summed E-state index contributed by atoms with van der Waals surface area (Å²) in [5.41, 5.74) is 0.365. The van der Waals surface area contributed by atoms with E-state index in [-0.39, 0.29) is 5.41 Å². The van der Waals surface area contributed by atoms with Crippen LogP contribution in [0.4, 0.5) is 10.1 Å². The lowest BCUT2D eigenvalue weighted by Gasteiger charge is -2.20. The molecule has 0 bridgehead atoms. The molecule has 25 heavy (non-hydrogen) atoms. The molecular weight excluding hydrogens is 349 g/mol. The molecule has 0 unspecified atom stereocenters. The van der Waals surface area contributed by atoms with Crippen molar-refractivity contribution in [2.45, 2.75) is 26.7 Å². The number of carbonyl (C=O) groups excluding carboxylic acids is 1. The number of anilines is 1. The summed E-state index contributed by atoms with van der Waals surface area (Å²) in [7, 11) is -4.16. The van der Waals surface area contributed by atoms with Gasteiger partial charge in [-0.2, -0.15) is 8.42 Å². The number of likely N-dealkylation sites (tertiary alicyclic amines) is 1. The number of halogens is 1. The molecule has 2 N–H and O–H groups in total. The number of rotatable bonds is 4. The van der Waals surface area contributed by atoms with Crippen LogP contribution in [0.1, 0.15) is 25.8 Å². The summed E-state index contributed by atoms with van der Waals surface area (Å²) in [4.78, 5) is 13.6. The Morgan fingerprint density at radius 2 is 2.08 bits per heavy atom. The number of nitrogens with zero attached hydrogens (tertiary/aromatic N) is 2. The van der Waals surface area contributed by atoms with Crippen molar-refractivity contribution in [3.8, 4) is 5.75 Å². The Balaban J connectivity index is 1.76. The van der Waals surface area contributed by atoms with Gasteiger partial charge in [0.15, 0.2) is 5.82 Å². The number of amides is 1. The van der Waals surface area contributed by atoms with E-state index in [1.54, 1.807) is 4.72 Å². The number of hydrogen-bond acceptors (Lipinski definition) is 5. The lowest BCUT2D eigenvalue weighted by molar-refractivity contribution is -0.117. The van der Waals surface area contributed by atoms with Gasteiger partial charge in [0.2, 0.25) is 0 Å². The van der Waals surface area contributed by atoms with E-state index >= 15 is 0 Å². The molecule has 0 spiro atoms. The molecule has 2 saturated heterocycles. The highest BCUT2D eigenvalue weighted by Crippen LogP contribution is 2.35. The fourth-order valence-electron chi connectivity index (χ4n) is 3.38. The van der Waals surface area contributed by atoms with Crippen molar-refractivity contribution in [3.05, 3.63) is 23.5 Å². The Hall–Kier alpha value is -1.87. The third-order valence-corrected chi connectivity index (χ3v) is 6.02. The van der Waals surface area contributed by atoms with Gasteiger partial charge in [-0.05, 0) is 42.5 Å². The molecule has 1 amide bonds. The van der Waals surface area contributed by atoms with E-state index in [1.807, 2.05) is 0 Å². The van der Waals surface area contributed by atoms with Gasteiger partial charge in [0.05, 0.1) is 0 Å². The molecule has 9 heteroatoms. The number of phenolic OH excluding ortho intramolecular Hbond substituents is 1. The molecule has 7 nitrogen and oxygen atoms in total. The molecule has 2 fully saturated rings. The number of carbonyl (C=O) groups is 1. The molecule has 3 rings (SSSR count). The van der Waals surface area contributed by atoms with Gasteiger partial charge in [-0.3, -0.25) is 4.79 Å². The monoisotopic (exact) mass is 371 g/mol. The van der Waals surface area contributed by atoms with Gasteiger partial charge in [0.1, 0.15) is 18.0 Å². The van der Waals surface area contributed by atoms with E-state index in [1.165, 1.54) is 12.1 Å². The standard InChI is InChI=1S/C16H22FN3O4S/c1-16(2)4-6-19(10-16)5-3-11-7-12(17)15(13(21)8-11)20-9-14(22)18-25(20,23)24/h7-8,21H,3-6,9-10H2,1-2H3,(H,18,22). The molecule has 2 aliphatic rings. The Morgan fingerprint density at radius 3 is 2.60 bits per heavy atom. The summed E-state index contributed by atoms with van der Waals surface area (Å²) in [6.45, 7) is 6.57. The zero-order chi connectivity index (χ0) is 18.4. The number of phenols is 1. The van der Waals surface area contributed by atoms with Crippen LogP contribution in [0, 0.1) is 11.2 Å². The smallest absolute Gasteiger partial charge is 0.326 e. The highest BCUT2D eigenvalue weighted by Gasteiger charge is 2.37. The number of nitrogens with one attached hydrogen (secondary N) is 1. The third-order valence-electron chi connectivity index (χ3n) is 4.65. The van der Waals surface area contributed by atoms with E-state index in [0.717, 1.165) is 26.1 Å². The fourth-order valence-corrected chi connectivity index (χ4v) is 4.55. The van der Waals surface area contributed by atoms with Crippen LogP contribution < -0.4 is 9.03 Å². The zero-order valence-corrected chi connectivity index (χ0v) is 15.1. The Labute approximate surface area is 146 Å². The van der Waals surface area contributed by atoms with Crippen molar-refractivity contribution in [1.82, 2.24) is 9.62 Å². The van der Waals surface area contributed by atoms with Crippen LogP contribution in [0.3, 0.4) is 0 Å². The predicted octanol–water partition coefficient (Wildman–Crippen LogP) is 0.987. The Morgan fingerprint density at radius 1 is 1.36 bits per heavy atom. The molecule has 2 heterocycles. The first-order valence-corrected chi connectivity index (χ1v) is 9.58. The maximum absolute atomic E-state index is 14.4. The second-order valence-corrected chi connectivity index (χ2v) is 9.02. The van der Waals surface area contributed by atoms with Crippen molar-refractivity contribution in [3.63, 3.8) is 0 Å². The topological polar surface area (TPSA) is 89.9 Å². The van der Waals surface area contributed by atoms with Gasteiger partial charge in [-0.15, -0.1) is 0 Å². The minimum Gasteiger partial charge on any atom is -0.506 e. The molecule has 0 radical (unpaired) electrons. The Kier molecular flexibility index (Phi) is 4.40. The van der Waals surface area contributed by atoms with Crippen LogP contribution in [0.15, 0.2) is 12.1 Å². The van der Waals surface area contributed by atoms with Gasteiger partial charge < -0.3 is 10.0 Å². The molecule has 1 aromatic rings. The van der Waals surface area contributed by atoms with E-state index in [4.69, 9.17) is 0 Å². The van der Waals surface area contributed by atoms with Crippen molar-refractivity contribution < 1.29 is 22.7 Å². The second kappa shape index (κ2) is 6.14. The third kappa shape index (κ3) is 3.72. The molecule has 0 aliphatic carbocycles. The van der Waals surface area contributed by atoms with E-state index < -0.39 is 39.9 Å². The molecular formula is C16H22FN3O4S. The van der Waals surface area contributed by atoms with Gasteiger partial charge in [0, 0.05) is 13.1 Å². The first-order chi connectivity index (χ1) is 11.6. The zero-order valence-electron chi connectivity index (χ0n) is 14.2. The van der Waals surface area contributed by atoms with Crippen LogP contribution >= 0.6 is 0 Å². The number of benzene rings is 1. The lowest BCUT2D eigenvalue weighted by Crippen LogP contribution is -2.30. The predicted molar refractivity (Wildman–Crippen MR) is 91.0 cm³/mol. The van der Waals surface area contributed by atoms with Crippen LogP contribution in [0.2, 0.25) is 0 Å². The maximum Gasteiger partial charge on any atom is 0.326 e. The summed E-state index contributed by atoms with van der Waals surface area (Å²) in [6, 6.07) is 2.58. The second-order valence-electron chi connectivity index (χ2n) is 7.42. The average molecular weight is 371 g/mol. The molecule has 0 aromatic heterocycles. The number of aromatic hydroxyl groups is 1.